The lowest BCUT2D eigenvalue weighted by Gasteiger charge is -2.05. The highest BCUT2D eigenvalue weighted by Crippen LogP contribution is 2.28. The van der Waals surface area contributed by atoms with Gasteiger partial charge in [-0.3, -0.25) is 14.3 Å². The summed E-state index contributed by atoms with van der Waals surface area (Å²) in [5.41, 5.74) is 2.02. The van der Waals surface area contributed by atoms with Crippen molar-refractivity contribution in [2.75, 3.05) is 6.54 Å². The summed E-state index contributed by atoms with van der Waals surface area (Å²) in [6.45, 7) is 2.77. The molecule has 0 fully saturated rings. The lowest BCUT2D eigenvalue weighted by molar-refractivity contribution is -0.120. The molecule has 4 rings (SSSR count). The summed E-state index contributed by atoms with van der Waals surface area (Å²) in [5.74, 6) is 0.111. The Hall–Kier alpha value is -3.39. The number of hydrogen-bond donors (Lipinski definition) is 2. The van der Waals surface area contributed by atoms with E-state index >= 15 is 0 Å². The zero-order valence-corrected chi connectivity index (χ0v) is 16.7. The molecule has 7 nitrogen and oxygen atoms in total. The van der Waals surface area contributed by atoms with Crippen LogP contribution in [0.1, 0.15) is 26.7 Å². The second-order valence-corrected chi connectivity index (χ2v) is 7.63. The van der Waals surface area contributed by atoms with Gasteiger partial charge in [0, 0.05) is 5.39 Å². The van der Waals surface area contributed by atoms with E-state index in [2.05, 4.69) is 15.7 Å². The lowest BCUT2D eigenvalue weighted by atomic mass is 10.2. The molecule has 0 atom stereocenters. The number of amides is 2. The van der Waals surface area contributed by atoms with Crippen molar-refractivity contribution < 1.29 is 14.0 Å². The molecule has 148 valence electrons. The number of nitrogens with one attached hydrogen (secondary N) is 2. The van der Waals surface area contributed by atoms with Crippen LogP contribution in [0.4, 0.5) is 0 Å². The molecule has 3 aromatic heterocycles. The minimum absolute atomic E-state index is 0.0943. The van der Waals surface area contributed by atoms with Crippen molar-refractivity contribution in [1.29, 1.82) is 0 Å². The Labute approximate surface area is 171 Å². The fourth-order valence-corrected chi connectivity index (χ4v) is 4.07. The smallest absolute Gasteiger partial charge is 0.261 e. The molecule has 4 aromatic rings. The van der Waals surface area contributed by atoms with Crippen LogP contribution >= 0.6 is 11.3 Å². The number of aryl methyl sites for hydroxylation is 1. The van der Waals surface area contributed by atoms with E-state index in [9.17, 15) is 9.59 Å². The van der Waals surface area contributed by atoms with Crippen molar-refractivity contribution in [1.82, 2.24) is 20.4 Å². The number of nitrogens with zero attached hydrogens (tertiary/aromatic N) is 2. The highest BCUT2D eigenvalue weighted by Gasteiger charge is 2.17. The molecule has 2 N–H and O–H groups in total. The molecule has 0 aliphatic carbocycles. The first-order chi connectivity index (χ1) is 14.1. The van der Waals surface area contributed by atoms with E-state index in [1.165, 1.54) is 11.3 Å². The van der Waals surface area contributed by atoms with Gasteiger partial charge >= 0.3 is 0 Å². The van der Waals surface area contributed by atoms with Crippen LogP contribution < -0.4 is 10.6 Å². The molecule has 8 heteroatoms. The fraction of sp³-hybridized carbons (Fsp3) is 0.190. The summed E-state index contributed by atoms with van der Waals surface area (Å²) in [4.78, 5) is 25.9. The van der Waals surface area contributed by atoms with E-state index in [1.807, 2.05) is 48.0 Å². The average molecular weight is 408 g/mol. The zero-order chi connectivity index (χ0) is 20.2. The fourth-order valence-electron chi connectivity index (χ4n) is 3.00. The number of carbonyl (C=O) groups excluding carboxylic acids is 2. The average Bonchev–Trinajstić information content (AvgIpc) is 3.45. The number of aromatic nitrogens is 2. The van der Waals surface area contributed by atoms with Crippen LogP contribution in [-0.4, -0.2) is 28.1 Å². The van der Waals surface area contributed by atoms with Crippen LogP contribution in [0.3, 0.4) is 0 Å². The predicted molar refractivity (Wildman–Crippen MR) is 111 cm³/mol. The number of hydrogen-bond acceptors (Lipinski definition) is 5. The third-order valence-electron chi connectivity index (χ3n) is 4.46. The number of rotatable bonds is 7. The maximum Gasteiger partial charge on any atom is 0.261 e. The number of benzene rings is 1. The van der Waals surface area contributed by atoms with E-state index in [1.54, 1.807) is 18.4 Å². The van der Waals surface area contributed by atoms with Crippen molar-refractivity contribution in [3.8, 4) is 0 Å². The Morgan fingerprint density at radius 2 is 1.97 bits per heavy atom. The number of thiophene rings is 1. The van der Waals surface area contributed by atoms with E-state index < -0.39 is 0 Å². The topological polar surface area (TPSA) is 89.2 Å². The highest BCUT2D eigenvalue weighted by atomic mass is 32.1. The van der Waals surface area contributed by atoms with Gasteiger partial charge in [0.25, 0.3) is 5.91 Å². The molecular weight excluding hydrogens is 388 g/mol. The quantitative estimate of drug-likeness (QED) is 0.492. The standard InChI is InChI=1S/C21H20N4O3S/c1-14-17-10-18(20(27)23-12-19(26)22-11-16-8-5-9-28-16)29-21(17)25(24-14)13-15-6-3-2-4-7-15/h2-10H,11-13H2,1H3,(H,22,26)(H,23,27). The number of fused-ring (bicyclic) bond motifs is 1. The van der Waals surface area contributed by atoms with Crippen molar-refractivity contribution in [2.45, 2.75) is 20.0 Å². The first-order valence-electron chi connectivity index (χ1n) is 9.18. The van der Waals surface area contributed by atoms with Crippen LogP contribution in [0.15, 0.2) is 59.2 Å². The molecule has 0 aliphatic heterocycles. The van der Waals surface area contributed by atoms with Gasteiger partial charge in [0.1, 0.15) is 10.6 Å². The monoisotopic (exact) mass is 408 g/mol. The van der Waals surface area contributed by atoms with Crippen LogP contribution in [0.5, 0.6) is 0 Å². The first kappa shape index (κ1) is 18.9. The SMILES string of the molecule is Cc1nn(Cc2ccccc2)c2sc(C(=O)NCC(=O)NCc3ccco3)cc12. The summed E-state index contributed by atoms with van der Waals surface area (Å²) in [5, 5.41) is 10.9. The molecule has 0 saturated heterocycles. The molecule has 0 bridgehead atoms. The molecular formula is C21H20N4O3S. The summed E-state index contributed by atoms with van der Waals surface area (Å²) in [7, 11) is 0. The van der Waals surface area contributed by atoms with Gasteiger partial charge in [-0.05, 0) is 30.7 Å². The third kappa shape index (κ3) is 4.38. The molecule has 0 saturated carbocycles. The Kier molecular flexibility index (Phi) is 5.44. The van der Waals surface area contributed by atoms with E-state index in [4.69, 9.17) is 4.42 Å². The molecule has 0 radical (unpaired) electrons. The van der Waals surface area contributed by atoms with E-state index in [0.29, 0.717) is 23.7 Å². The number of furan rings is 1. The van der Waals surface area contributed by atoms with Crippen LogP contribution in [0.25, 0.3) is 10.2 Å². The largest absolute Gasteiger partial charge is 0.467 e. The normalized spacial score (nSPS) is 10.9. The maximum absolute atomic E-state index is 12.5. The molecule has 1 aromatic carbocycles. The second kappa shape index (κ2) is 8.32. The Morgan fingerprint density at radius 1 is 1.14 bits per heavy atom. The summed E-state index contributed by atoms with van der Waals surface area (Å²) in [6.07, 6.45) is 1.55. The molecule has 0 spiro atoms. The van der Waals surface area contributed by atoms with Gasteiger partial charge in [0.15, 0.2) is 0 Å². The Balaban J connectivity index is 1.40. The van der Waals surface area contributed by atoms with Crippen molar-refractivity contribution in [3.63, 3.8) is 0 Å². The molecule has 0 unspecified atom stereocenters. The molecule has 0 aliphatic rings. The van der Waals surface area contributed by atoms with Crippen LogP contribution in [0.2, 0.25) is 0 Å². The van der Waals surface area contributed by atoms with Gasteiger partial charge in [-0.1, -0.05) is 30.3 Å². The molecule has 29 heavy (non-hydrogen) atoms. The summed E-state index contributed by atoms with van der Waals surface area (Å²) < 4.78 is 7.07. The number of carbonyl (C=O) groups is 2. The second-order valence-electron chi connectivity index (χ2n) is 6.60. The Bertz CT molecular complexity index is 1130. The minimum atomic E-state index is -0.276. The van der Waals surface area contributed by atoms with Gasteiger partial charge in [-0.25, -0.2) is 0 Å². The van der Waals surface area contributed by atoms with Crippen molar-refractivity contribution in [3.05, 3.63) is 76.7 Å². The molecule has 2 amide bonds. The third-order valence-corrected chi connectivity index (χ3v) is 5.60. The highest BCUT2D eigenvalue weighted by molar-refractivity contribution is 7.20. The zero-order valence-electron chi connectivity index (χ0n) is 15.8. The van der Waals surface area contributed by atoms with Gasteiger partial charge in [-0.15, -0.1) is 11.3 Å². The van der Waals surface area contributed by atoms with Gasteiger partial charge < -0.3 is 15.1 Å². The Morgan fingerprint density at radius 3 is 2.72 bits per heavy atom. The van der Waals surface area contributed by atoms with Crippen molar-refractivity contribution >= 4 is 33.4 Å². The maximum atomic E-state index is 12.5. The summed E-state index contributed by atoms with van der Waals surface area (Å²) >= 11 is 1.38. The van der Waals surface area contributed by atoms with E-state index in [0.717, 1.165) is 21.5 Å². The molecule has 3 heterocycles. The van der Waals surface area contributed by atoms with E-state index in [-0.39, 0.29) is 18.4 Å². The van der Waals surface area contributed by atoms with Gasteiger partial charge in [0.2, 0.25) is 5.91 Å². The van der Waals surface area contributed by atoms with Gasteiger partial charge in [-0.2, -0.15) is 5.10 Å². The van der Waals surface area contributed by atoms with Crippen molar-refractivity contribution in [2.24, 2.45) is 0 Å². The summed E-state index contributed by atoms with van der Waals surface area (Å²) in [6, 6.07) is 15.4. The first-order valence-corrected chi connectivity index (χ1v) is 10.00. The van der Waals surface area contributed by atoms with Crippen LogP contribution in [-0.2, 0) is 17.9 Å². The van der Waals surface area contributed by atoms with Gasteiger partial charge in [0.05, 0.1) is 36.5 Å². The minimum Gasteiger partial charge on any atom is -0.467 e. The van der Waals surface area contributed by atoms with Crippen LogP contribution in [0, 0.1) is 6.92 Å². The predicted octanol–water partition coefficient (Wildman–Crippen LogP) is 3.09. The lowest BCUT2D eigenvalue weighted by Crippen LogP contribution is -2.36.